The van der Waals surface area contributed by atoms with Gasteiger partial charge in [0.1, 0.15) is 11.5 Å². The smallest absolute Gasteiger partial charge is 0.136 e. The second-order valence-corrected chi connectivity index (χ2v) is 9.35. The standard InChI is InChI=1S/C26H46O2S/c1-3-5-6-7-8-9-10-11-12-13-14-15-16-17-18-19-22-29-26-21-20-24(27)23-25(26)28-4-2/h20-21,23,27H,3-19,22H2,1-2H3. The molecule has 0 bridgehead atoms. The number of rotatable bonds is 20. The van der Waals surface area contributed by atoms with E-state index in [-0.39, 0.29) is 5.75 Å². The lowest BCUT2D eigenvalue weighted by molar-refractivity contribution is 0.329. The Kier molecular flexibility index (Phi) is 17.3. The van der Waals surface area contributed by atoms with Crippen molar-refractivity contribution in [3.8, 4) is 11.5 Å². The molecule has 0 radical (unpaired) electrons. The van der Waals surface area contributed by atoms with Crippen molar-refractivity contribution in [1.29, 1.82) is 0 Å². The Labute approximate surface area is 185 Å². The average Bonchev–Trinajstić information content (AvgIpc) is 2.72. The van der Waals surface area contributed by atoms with Gasteiger partial charge in [-0.1, -0.05) is 103 Å². The molecule has 1 aromatic rings. The van der Waals surface area contributed by atoms with E-state index < -0.39 is 0 Å². The van der Waals surface area contributed by atoms with Crippen molar-refractivity contribution in [2.24, 2.45) is 0 Å². The minimum atomic E-state index is 0.278. The predicted molar refractivity (Wildman–Crippen MR) is 130 cm³/mol. The summed E-state index contributed by atoms with van der Waals surface area (Å²) in [6.07, 6.45) is 22.6. The third kappa shape index (κ3) is 14.7. The number of benzene rings is 1. The van der Waals surface area contributed by atoms with E-state index in [4.69, 9.17) is 4.74 Å². The molecule has 0 aromatic heterocycles. The van der Waals surface area contributed by atoms with Gasteiger partial charge in [-0.05, 0) is 31.2 Å². The molecule has 29 heavy (non-hydrogen) atoms. The number of unbranched alkanes of at least 4 members (excludes halogenated alkanes) is 15. The Hall–Kier alpha value is -0.830. The first-order valence-electron chi connectivity index (χ1n) is 12.4. The van der Waals surface area contributed by atoms with Crippen molar-refractivity contribution in [3.63, 3.8) is 0 Å². The van der Waals surface area contributed by atoms with Crippen molar-refractivity contribution in [2.75, 3.05) is 12.4 Å². The highest BCUT2D eigenvalue weighted by atomic mass is 32.2. The van der Waals surface area contributed by atoms with Gasteiger partial charge in [0.2, 0.25) is 0 Å². The lowest BCUT2D eigenvalue weighted by atomic mass is 10.0. The minimum Gasteiger partial charge on any atom is -0.508 e. The fourth-order valence-electron chi connectivity index (χ4n) is 3.72. The van der Waals surface area contributed by atoms with Crippen LogP contribution in [0.3, 0.4) is 0 Å². The van der Waals surface area contributed by atoms with Crippen LogP contribution in [0.1, 0.15) is 117 Å². The first-order valence-corrected chi connectivity index (χ1v) is 13.3. The van der Waals surface area contributed by atoms with Gasteiger partial charge in [0.15, 0.2) is 0 Å². The van der Waals surface area contributed by atoms with Crippen LogP contribution < -0.4 is 4.74 Å². The van der Waals surface area contributed by atoms with Crippen molar-refractivity contribution in [2.45, 2.75) is 121 Å². The predicted octanol–water partition coefficient (Wildman–Crippen LogP) is 9.14. The lowest BCUT2D eigenvalue weighted by Crippen LogP contribution is -1.93. The molecule has 0 heterocycles. The van der Waals surface area contributed by atoms with E-state index in [0.717, 1.165) is 16.4 Å². The number of hydrogen-bond acceptors (Lipinski definition) is 3. The number of phenols is 1. The monoisotopic (exact) mass is 422 g/mol. The number of aromatic hydroxyl groups is 1. The summed E-state index contributed by atoms with van der Waals surface area (Å²) in [6, 6.07) is 5.44. The van der Waals surface area contributed by atoms with Crippen LogP contribution in [-0.4, -0.2) is 17.5 Å². The first-order chi connectivity index (χ1) is 14.3. The van der Waals surface area contributed by atoms with Crippen LogP contribution in [0, 0.1) is 0 Å². The van der Waals surface area contributed by atoms with Gasteiger partial charge in [-0.15, -0.1) is 11.8 Å². The Morgan fingerprint density at radius 2 is 1.17 bits per heavy atom. The molecule has 0 amide bonds. The topological polar surface area (TPSA) is 29.5 Å². The first kappa shape index (κ1) is 26.2. The highest BCUT2D eigenvalue weighted by molar-refractivity contribution is 7.99. The fraction of sp³-hybridized carbons (Fsp3) is 0.769. The highest BCUT2D eigenvalue weighted by Crippen LogP contribution is 2.33. The van der Waals surface area contributed by atoms with Gasteiger partial charge in [0, 0.05) is 11.0 Å². The van der Waals surface area contributed by atoms with E-state index in [1.807, 2.05) is 24.8 Å². The van der Waals surface area contributed by atoms with Crippen LogP contribution in [0.5, 0.6) is 11.5 Å². The molecular formula is C26H46O2S. The Bertz CT molecular complexity index is 490. The summed E-state index contributed by atoms with van der Waals surface area (Å²) < 4.78 is 5.62. The third-order valence-corrected chi connectivity index (χ3v) is 6.62. The van der Waals surface area contributed by atoms with Gasteiger partial charge in [-0.25, -0.2) is 0 Å². The molecule has 0 saturated carbocycles. The van der Waals surface area contributed by atoms with E-state index in [1.165, 1.54) is 103 Å². The zero-order valence-electron chi connectivity index (χ0n) is 19.2. The maximum atomic E-state index is 9.60. The quantitative estimate of drug-likeness (QED) is 0.168. The number of hydrogen-bond donors (Lipinski definition) is 1. The summed E-state index contributed by atoms with van der Waals surface area (Å²) in [5.41, 5.74) is 0. The van der Waals surface area contributed by atoms with Crippen molar-refractivity contribution in [1.82, 2.24) is 0 Å². The van der Waals surface area contributed by atoms with Gasteiger partial charge >= 0.3 is 0 Å². The summed E-state index contributed by atoms with van der Waals surface area (Å²) in [6.45, 7) is 4.90. The SMILES string of the molecule is CCCCCCCCCCCCCCCCCCSc1ccc(O)cc1OCC. The van der Waals surface area contributed by atoms with Crippen molar-refractivity contribution >= 4 is 11.8 Å². The van der Waals surface area contributed by atoms with Crippen LogP contribution >= 0.6 is 11.8 Å². The molecule has 3 heteroatoms. The van der Waals surface area contributed by atoms with Gasteiger partial charge in [-0.2, -0.15) is 0 Å². The Morgan fingerprint density at radius 1 is 0.690 bits per heavy atom. The molecule has 0 saturated heterocycles. The van der Waals surface area contributed by atoms with Crippen LogP contribution in [-0.2, 0) is 0 Å². The molecule has 168 valence electrons. The molecule has 0 spiro atoms. The fourth-order valence-corrected chi connectivity index (χ4v) is 4.71. The molecular weight excluding hydrogens is 376 g/mol. The van der Waals surface area contributed by atoms with Crippen LogP contribution in [0.25, 0.3) is 0 Å². The molecule has 1 rings (SSSR count). The van der Waals surface area contributed by atoms with E-state index in [0.29, 0.717) is 6.61 Å². The summed E-state index contributed by atoms with van der Waals surface area (Å²) in [4.78, 5) is 1.14. The van der Waals surface area contributed by atoms with Crippen molar-refractivity contribution < 1.29 is 9.84 Å². The van der Waals surface area contributed by atoms with E-state index in [1.54, 1.807) is 12.1 Å². The summed E-state index contributed by atoms with van der Waals surface area (Å²) in [5, 5.41) is 9.60. The van der Waals surface area contributed by atoms with Gasteiger partial charge in [0.25, 0.3) is 0 Å². The number of thioether (sulfide) groups is 1. The molecule has 0 atom stereocenters. The Balaban J connectivity index is 1.86. The molecule has 2 nitrogen and oxygen atoms in total. The minimum absolute atomic E-state index is 0.278. The molecule has 0 aliphatic heterocycles. The zero-order chi connectivity index (χ0) is 21.0. The summed E-state index contributed by atoms with van der Waals surface area (Å²) in [5.74, 6) is 2.22. The molecule has 1 aromatic carbocycles. The summed E-state index contributed by atoms with van der Waals surface area (Å²) >= 11 is 1.85. The van der Waals surface area contributed by atoms with E-state index in [2.05, 4.69) is 6.92 Å². The second-order valence-electron chi connectivity index (χ2n) is 8.22. The van der Waals surface area contributed by atoms with Gasteiger partial charge in [0.05, 0.1) is 6.61 Å². The Morgan fingerprint density at radius 3 is 1.66 bits per heavy atom. The molecule has 1 N–H and O–H groups in total. The number of phenolic OH excluding ortho intramolecular Hbond substituents is 1. The van der Waals surface area contributed by atoms with E-state index >= 15 is 0 Å². The van der Waals surface area contributed by atoms with Crippen molar-refractivity contribution in [3.05, 3.63) is 18.2 Å². The average molecular weight is 423 g/mol. The molecule has 0 aliphatic rings. The summed E-state index contributed by atoms with van der Waals surface area (Å²) in [7, 11) is 0. The maximum Gasteiger partial charge on any atom is 0.136 e. The van der Waals surface area contributed by atoms with Crippen LogP contribution in [0.2, 0.25) is 0 Å². The van der Waals surface area contributed by atoms with Gasteiger partial charge < -0.3 is 9.84 Å². The molecule has 0 unspecified atom stereocenters. The van der Waals surface area contributed by atoms with Crippen LogP contribution in [0.15, 0.2) is 23.1 Å². The van der Waals surface area contributed by atoms with E-state index in [9.17, 15) is 5.11 Å². The molecule has 0 aliphatic carbocycles. The zero-order valence-corrected chi connectivity index (χ0v) is 20.0. The highest BCUT2D eigenvalue weighted by Gasteiger charge is 2.05. The second kappa shape index (κ2) is 19.2. The normalized spacial score (nSPS) is 11.1. The van der Waals surface area contributed by atoms with Crippen LogP contribution in [0.4, 0.5) is 0 Å². The molecule has 0 fully saturated rings. The number of ether oxygens (including phenoxy) is 1. The maximum absolute atomic E-state index is 9.60. The third-order valence-electron chi connectivity index (χ3n) is 5.48. The van der Waals surface area contributed by atoms with Gasteiger partial charge in [-0.3, -0.25) is 0 Å². The largest absolute Gasteiger partial charge is 0.508 e. The lowest BCUT2D eigenvalue weighted by Gasteiger charge is -2.10.